The number of aromatic nitrogens is 1. The molecule has 5 heteroatoms. The smallest absolute Gasteiger partial charge is 0.170 e. The van der Waals surface area contributed by atoms with Crippen molar-refractivity contribution in [2.24, 2.45) is 0 Å². The molecule has 0 saturated carbocycles. The highest BCUT2D eigenvalue weighted by Gasteiger charge is 2.11. The number of rotatable bonds is 4. The summed E-state index contributed by atoms with van der Waals surface area (Å²) in [6.45, 7) is 5.25. The number of thiocarbonyl (C=S) groups is 1. The molecule has 1 aliphatic heterocycles. The van der Waals surface area contributed by atoms with Crippen LogP contribution < -0.4 is 15.5 Å². The van der Waals surface area contributed by atoms with E-state index in [1.54, 1.807) is 0 Å². The zero-order chi connectivity index (χ0) is 13.5. The van der Waals surface area contributed by atoms with Gasteiger partial charge < -0.3 is 15.5 Å². The number of nitrogens with one attached hydrogen (secondary N) is 2. The van der Waals surface area contributed by atoms with Gasteiger partial charge in [-0.1, -0.05) is 6.92 Å². The highest BCUT2D eigenvalue weighted by Crippen LogP contribution is 2.18. The average molecular weight is 278 g/mol. The molecule has 0 amide bonds. The third kappa shape index (κ3) is 4.35. The number of hydrogen-bond donors (Lipinski definition) is 2. The van der Waals surface area contributed by atoms with Gasteiger partial charge in [0.1, 0.15) is 5.82 Å². The number of anilines is 2. The largest absolute Gasteiger partial charge is 0.362 e. The van der Waals surface area contributed by atoms with E-state index in [0.717, 1.165) is 37.6 Å². The van der Waals surface area contributed by atoms with Crippen LogP contribution in [0.3, 0.4) is 0 Å². The minimum absolute atomic E-state index is 0.661. The molecule has 0 atom stereocenters. The van der Waals surface area contributed by atoms with Crippen molar-refractivity contribution in [3.63, 3.8) is 0 Å². The van der Waals surface area contributed by atoms with Gasteiger partial charge >= 0.3 is 0 Å². The van der Waals surface area contributed by atoms with Gasteiger partial charge in [0.25, 0.3) is 0 Å². The van der Waals surface area contributed by atoms with E-state index in [2.05, 4.69) is 33.5 Å². The van der Waals surface area contributed by atoms with E-state index in [0.29, 0.717) is 5.11 Å². The standard InChI is InChI=1S/C14H22N4S/c1-2-8-15-14(19)17-12-6-7-13(16-11-12)18-9-4-3-5-10-18/h6-7,11H,2-5,8-10H2,1H3,(H2,15,17,19). The van der Waals surface area contributed by atoms with Crippen molar-refractivity contribution >= 4 is 28.8 Å². The number of hydrogen-bond acceptors (Lipinski definition) is 3. The minimum Gasteiger partial charge on any atom is -0.362 e. The van der Waals surface area contributed by atoms with Gasteiger partial charge in [0.05, 0.1) is 11.9 Å². The zero-order valence-electron chi connectivity index (χ0n) is 11.5. The molecule has 2 N–H and O–H groups in total. The maximum atomic E-state index is 5.20. The normalized spacial score (nSPS) is 15.1. The molecule has 1 aromatic heterocycles. The number of nitrogens with zero attached hydrogens (tertiary/aromatic N) is 2. The molecular formula is C14H22N4S. The summed E-state index contributed by atoms with van der Waals surface area (Å²) in [5.74, 6) is 1.07. The Labute approximate surface area is 120 Å². The summed E-state index contributed by atoms with van der Waals surface area (Å²) in [4.78, 5) is 6.86. The van der Waals surface area contributed by atoms with Crippen molar-refractivity contribution in [1.82, 2.24) is 10.3 Å². The molecule has 2 rings (SSSR count). The molecule has 1 fully saturated rings. The summed E-state index contributed by atoms with van der Waals surface area (Å²) in [5, 5.41) is 6.95. The monoisotopic (exact) mass is 278 g/mol. The molecule has 104 valence electrons. The predicted octanol–water partition coefficient (Wildman–Crippen LogP) is 2.77. The Bertz CT molecular complexity index is 398. The first-order valence-electron chi connectivity index (χ1n) is 7.05. The van der Waals surface area contributed by atoms with Crippen LogP contribution in [0, 0.1) is 0 Å². The van der Waals surface area contributed by atoms with Crippen molar-refractivity contribution in [2.45, 2.75) is 32.6 Å². The summed E-state index contributed by atoms with van der Waals surface area (Å²) in [5.41, 5.74) is 0.939. The summed E-state index contributed by atoms with van der Waals surface area (Å²) in [6, 6.07) is 4.10. The fourth-order valence-electron chi connectivity index (χ4n) is 2.18. The molecule has 4 nitrogen and oxygen atoms in total. The van der Waals surface area contributed by atoms with E-state index < -0.39 is 0 Å². The molecule has 0 unspecified atom stereocenters. The maximum Gasteiger partial charge on any atom is 0.170 e. The van der Waals surface area contributed by atoms with Crippen LogP contribution in [0.25, 0.3) is 0 Å². The van der Waals surface area contributed by atoms with Crippen LogP contribution in [0.5, 0.6) is 0 Å². The van der Waals surface area contributed by atoms with Crippen molar-refractivity contribution < 1.29 is 0 Å². The number of piperidine rings is 1. The lowest BCUT2D eigenvalue weighted by Crippen LogP contribution is -2.30. The van der Waals surface area contributed by atoms with Gasteiger partial charge in [0, 0.05) is 19.6 Å². The molecule has 1 aliphatic rings. The molecule has 19 heavy (non-hydrogen) atoms. The van der Waals surface area contributed by atoms with E-state index in [1.165, 1.54) is 19.3 Å². The van der Waals surface area contributed by atoms with Gasteiger partial charge in [-0.2, -0.15) is 0 Å². The molecule has 2 heterocycles. The minimum atomic E-state index is 0.661. The Morgan fingerprint density at radius 1 is 1.32 bits per heavy atom. The molecule has 0 aliphatic carbocycles. The van der Waals surface area contributed by atoms with Gasteiger partial charge in [-0.3, -0.25) is 0 Å². The second-order valence-corrected chi connectivity index (χ2v) is 5.24. The Morgan fingerprint density at radius 2 is 2.11 bits per heavy atom. The lowest BCUT2D eigenvalue weighted by atomic mass is 10.1. The zero-order valence-corrected chi connectivity index (χ0v) is 12.3. The van der Waals surface area contributed by atoms with Gasteiger partial charge in [0.15, 0.2) is 5.11 Å². The lowest BCUT2D eigenvalue weighted by Gasteiger charge is -2.27. The molecule has 0 aromatic carbocycles. The second kappa shape index (κ2) is 7.28. The molecule has 1 aromatic rings. The highest BCUT2D eigenvalue weighted by atomic mass is 32.1. The third-order valence-corrected chi connectivity index (χ3v) is 3.47. The predicted molar refractivity (Wildman–Crippen MR) is 84.8 cm³/mol. The van der Waals surface area contributed by atoms with Gasteiger partial charge in [-0.15, -0.1) is 0 Å². The summed E-state index contributed by atoms with van der Waals surface area (Å²) in [6.07, 6.45) is 6.80. The second-order valence-electron chi connectivity index (χ2n) is 4.83. The molecule has 0 spiro atoms. The Balaban J connectivity index is 1.88. The Morgan fingerprint density at radius 3 is 2.74 bits per heavy atom. The van der Waals surface area contributed by atoms with Gasteiger partial charge in [0.2, 0.25) is 0 Å². The van der Waals surface area contributed by atoms with Crippen molar-refractivity contribution in [1.29, 1.82) is 0 Å². The van der Waals surface area contributed by atoms with E-state index in [1.807, 2.05) is 12.3 Å². The van der Waals surface area contributed by atoms with Gasteiger partial charge in [-0.25, -0.2) is 4.98 Å². The van der Waals surface area contributed by atoms with Crippen molar-refractivity contribution in [2.75, 3.05) is 29.9 Å². The van der Waals surface area contributed by atoms with Crippen molar-refractivity contribution in [3.05, 3.63) is 18.3 Å². The fourth-order valence-corrected chi connectivity index (χ4v) is 2.40. The van der Waals surface area contributed by atoms with E-state index in [4.69, 9.17) is 12.2 Å². The average Bonchev–Trinajstić information content (AvgIpc) is 2.47. The molecular weight excluding hydrogens is 256 g/mol. The van der Waals surface area contributed by atoms with Crippen LogP contribution in [-0.2, 0) is 0 Å². The van der Waals surface area contributed by atoms with E-state index >= 15 is 0 Å². The first kappa shape index (κ1) is 14.1. The molecule has 1 saturated heterocycles. The first-order chi connectivity index (χ1) is 9.29. The van der Waals surface area contributed by atoms with Crippen LogP contribution >= 0.6 is 12.2 Å². The number of pyridine rings is 1. The maximum absolute atomic E-state index is 5.20. The summed E-state index contributed by atoms with van der Waals surface area (Å²) in [7, 11) is 0. The van der Waals surface area contributed by atoms with Crippen LogP contribution in [0.4, 0.5) is 11.5 Å². The SMILES string of the molecule is CCCNC(=S)Nc1ccc(N2CCCCC2)nc1. The summed E-state index contributed by atoms with van der Waals surface area (Å²) < 4.78 is 0. The highest BCUT2D eigenvalue weighted by molar-refractivity contribution is 7.80. The van der Waals surface area contributed by atoms with Crippen LogP contribution in [0.1, 0.15) is 32.6 Å². The van der Waals surface area contributed by atoms with Crippen LogP contribution in [0.2, 0.25) is 0 Å². The Kier molecular flexibility index (Phi) is 5.39. The van der Waals surface area contributed by atoms with Crippen LogP contribution in [-0.4, -0.2) is 29.7 Å². The van der Waals surface area contributed by atoms with Gasteiger partial charge in [-0.05, 0) is 50.0 Å². The summed E-state index contributed by atoms with van der Waals surface area (Å²) >= 11 is 5.20. The Hall–Kier alpha value is -1.36. The molecule has 0 radical (unpaired) electrons. The van der Waals surface area contributed by atoms with E-state index in [-0.39, 0.29) is 0 Å². The van der Waals surface area contributed by atoms with Crippen molar-refractivity contribution in [3.8, 4) is 0 Å². The topological polar surface area (TPSA) is 40.2 Å². The van der Waals surface area contributed by atoms with Crippen LogP contribution in [0.15, 0.2) is 18.3 Å². The fraction of sp³-hybridized carbons (Fsp3) is 0.571. The first-order valence-corrected chi connectivity index (χ1v) is 7.46. The lowest BCUT2D eigenvalue weighted by molar-refractivity contribution is 0.573. The van der Waals surface area contributed by atoms with E-state index in [9.17, 15) is 0 Å². The third-order valence-electron chi connectivity index (χ3n) is 3.22. The quantitative estimate of drug-likeness (QED) is 0.829. The molecule has 0 bridgehead atoms.